The van der Waals surface area contributed by atoms with Gasteiger partial charge in [-0.05, 0) is 49.4 Å². The van der Waals surface area contributed by atoms with Crippen LogP contribution in [0.25, 0.3) is 0 Å². The Morgan fingerprint density at radius 1 is 1.26 bits per heavy atom. The molecule has 1 nitrogen and oxygen atoms in total. The van der Waals surface area contributed by atoms with Crippen LogP contribution in [0.4, 0.5) is 13.2 Å². The maximum atomic E-state index is 12.7. The lowest BCUT2D eigenvalue weighted by Gasteiger charge is -2.21. The smallest absolute Gasteiger partial charge is 0.317 e. The topological polar surface area (TPSA) is 12.0 Å². The Balaban J connectivity index is 2.16. The van der Waals surface area contributed by atoms with Crippen molar-refractivity contribution in [2.75, 3.05) is 13.1 Å². The third-order valence-electron chi connectivity index (χ3n) is 3.96. The zero-order valence-corrected chi connectivity index (χ0v) is 11.1. The van der Waals surface area contributed by atoms with E-state index in [1.807, 2.05) is 13.0 Å². The van der Waals surface area contributed by atoms with Crippen molar-refractivity contribution in [3.05, 3.63) is 35.4 Å². The molecule has 1 N–H and O–H groups in total. The van der Waals surface area contributed by atoms with Crippen molar-refractivity contribution in [1.82, 2.24) is 5.32 Å². The molecule has 0 radical (unpaired) electrons. The molecule has 1 fully saturated rings. The van der Waals surface area contributed by atoms with Gasteiger partial charge < -0.3 is 5.32 Å². The lowest BCUT2D eigenvalue weighted by molar-refractivity contribution is -0.137. The number of halogens is 3. The van der Waals surface area contributed by atoms with Gasteiger partial charge >= 0.3 is 6.18 Å². The largest absolute Gasteiger partial charge is 0.416 e. The average Bonchev–Trinajstić information content (AvgIpc) is 2.83. The molecule has 1 aliphatic rings. The Bertz CT molecular complexity index is 414. The molecule has 0 heterocycles. The van der Waals surface area contributed by atoms with Gasteiger partial charge in [-0.1, -0.05) is 31.5 Å². The Kier molecular flexibility index (Phi) is 4.50. The van der Waals surface area contributed by atoms with Crippen LogP contribution in [0.5, 0.6) is 0 Å². The minimum atomic E-state index is -4.24. The van der Waals surface area contributed by atoms with E-state index in [-0.39, 0.29) is 5.92 Å². The van der Waals surface area contributed by atoms with Crippen LogP contribution in [0.15, 0.2) is 24.3 Å². The van der Waals surface area contributed by atoms with Gasteiger partial charge in [-0.3, -0.25) is 0 Å². The summed E-state index contributed by atoms with van der Waals surface area (Å²) in [7, 11) is 0. The molecule has 19 heavy (non-hydrogen) atoms. The number of alkyl halides is 3. The molecule has 1 aromatic rings. The monoisotopic (exact) mass is 271 g/mol. The maximum Gasteiger partial charge on any atom is 0.416 e. The molecule has 106 valence electrons. The van der Waals surface area contributed by atoms with Gasteiger partial charge in [0.05, 0.1) is 5.56 Å². The van der Waals surface area contributed by atoms with E-state index in [1.54, 1.807) is 0 Å². The number of hydrogen-bond acceptors (Lipinski definition) is 1. The normalized spacial score (nSPS) is 23.8. The summed E-state index contributed by atoms with van der Waals surface area (Å²) in [5, 5.41) is 3.31. The molecular formula is C15H20F3N. The van der Waals surface area contributed by atoms with E-state index >= 15 is 0 Å². The molecule has 0 bridgehead atoms. The summed E-state index contributed by atoms with van der Waals surface area (Å²) in [5.74, 6) is 0.727. The van der Waals surface area contributed by atoms with Crippen LogP contribution in [-0.2, 0) is 6.18 Å². The number of hydrogen-bond donors (Lipinski definition) is 1. The Morgan fingerprint density at radius 3 is 2.74 bits per heavy atom. The Labute approximate surface area is 112 Å². The molecule has 2 unspecified atom stereocenters. The first-order valence-corrected chi connectivity index (χ1v) is 6.90. The zero-order chi connectivity index (χ0) is 13.9. The highest BCUT2D eigenvalue weighted by Crippen LogP contribution is 2.40. The summed E-state index contributed by atoms with van der Waals surface area (Å²) in [4.78, 5) is 0. The van der Waals surface area contributed by atoms with E-state index in [0.717, 1.165) is 44.0 Å². The predicted molar refractivity (Wildman–Crippen MR) is 70.1 cm³/mol. The van der Waals surface area contributed by atoms with Crippen molar-refractivity contribution in [2.45, 2.75) is 38.3 Å². The van der Waals surface area contributed by atoms with Gasteiger partial charge in [0.25, 0.3) is 0 Å². The highest BCUT2D eigenvalue weighted by Gasteiger charge is 2.33. The number of benzene rings is 1. The van der Waals surface area contributed by atoms with Gasteiger partial charge in [0.15, 0.2) is 0 Å². The van der Waals surface area contributed by atoms with E-state index in [0.29, 0.717) is 5.92 Å². The Hall–Kier alpha value is -1.03. The van der Waals surface area contributed by atoms with Gasteiger partial charge in [-0.25, -0.2) is 0 Å². The van der Waals surface area contributed by atoms with Crippen LogP contribution in [0, 0.1) is 5.92 Å². The third-order valence-corrected chi connectivity index (χ3v) is 3.96. The molecule has 0 amide bonds. The minimum Gasteiger partial charge on any atom is -0.317 e. The fourth-order valence-corrected chi connectivity index (χ4v) is 3.00. The van der Waals surface area contributed by atoms with Gasteiger partial charge in [0, 0.05) is 0 Å². The highest BCUT2D eigenvalue weighted by molar-refractivity contribution is 5.29. The summed E-state index contributed by atoms with van der Waals surface area (Å²) < 4.78 is 38.2. The summed E-state index contributed by atoms with van der Waals surface area (Å²) in [6, 6.07) is 5.84. The molecule has 2 atom stereocenters. The highest BCUT2D eigenvalue weighted by atomic mass is 19.4. The van der Waals surface area contributed by atoms with Crippen LogP contribution in [0.2, 0.25) is 0 Å². The van der Waals surface area contributed by atoms with Crippen molar-refractivity contribution < 1.29 is 13.2 Å². The average molecular weight is 271 g/mol. The first-order valence-electron chi connectivity index (χ1n) is 6.90. The Morgan fingerprint density at radius 2 is 2.05 bits per heavy atom. The fourth-order valence-electron chi connectivity index (χ4n) is 3.00. The molecule has 1 saturated carbocycles. The first kappa shape index (κ1) is 14.4. The van der Waals surface area contributed by atoms with Gasteiger partial charge in [-0.15, -0.1) is 0 Å². The number of rotatable bonds is 4. The summed E-state index contributed by atoms with van der Waals surface area (Å²) in [5.41, 5.74) is 0.314. The molecular weight excluding hydrogens is 251 g/mol. The second-order valence-corrected chi connectivity index (χ2v) is 5.23. The van der Waals surface area contributed by atoms with Crippen molar-refractivity contribution in [3.8, 4) is 0 Å². The van der Waals surface area contributed by atoms with Crippen molar-refractivity contribution >= 4 is 0 Å². The minimum absolute atomic E-state index is 0.265. The lowest BCUT2D eigenvalue weighted by Crippen LogP contribution is -2.24. The molecule has 0 saturated heterocycles. The molecule has 0 spiro atoms. The molecule has 2 rings (SSSR count). The van der Waals surface area contributed by atoms with E-state index in [2.05, 4.69) is 5.32 Å². The predicted octanol–water partition coefficient (Wildman–Crippen LogP) is 4.20. The molecule has 0 aliphatic heterocycles. The summed E-state index contributed by atoms with van der Waals surface area (Å²) in [6.45, 7) is 3.86. The first-order chi connectivity index (χ1) is 9.02. The van der Waals surface area contributed by atoms with Crippen molar-refractivity contribution in [2.24, 2.45) is 5.92 Å². The fraction of sp³-hybridized carbons (Fsp3) is 0.600. The SMILES string of the molecule is CCNCC1CCCC1c1cccc(C(F)(F)F)c1. The number of nitrogens with one attached hydrogen (secondary N) is 1. The van der Waals surface area contributed by atoms with E-state index in [9.17, 15) is 13.2 Å². The van der Waals surface area contributed by atoms with Crippen LogP contribution in [0.3, 0.4) is 0 Å². The van der Waals surface area contributed by atoms with Crippen LogP contribution >= 0.6 is 0 Å². The maximum absolute atomic E-state index is 12.7. The van der Waals surface area contributed by atoms with E-state index in [4.69, 9.17) is 0 Å². The van der Waals surface area contributed by atoms with Crippen LogP contribution < -0.4 is 5.32 Å². The molecule has 1 aromatic carbocycles. The van der Waals surface area contributed by atoms with Crippen LogP contribution in [0.1, 0.15) is 43.2 Å². The van der Waals surface area contributed by atoms with E-state index in [1.165, 1.54) is 12.1 Å². The zero-order valence-electron chi connectivity index (χ0n) is 11.1. The summed E-state index contributed by atoms with van der Waals surface area (Å²) >= 11 is 0. The van der Waals surface area contributed by atoms with Crippen molar-refractivity contribution in [1.29, 1.82) is 0 Å². The second-order valence-electron chi connectivity index (χ2n) is 5.23. The standard InChI is InChI=1S/C15H20F3N/c1-2-19-10-12-6-4-8-14(12)11-5-3-7-13(9-11)15(16,17)18/h3,5,7,9,12,14,19H,2,4,6,8,10H2,1H3. The van der Waals surface area contributed by atoms with Gasteiger partial charge in [-0.2, -0.15) is 13.2 Å². The van der Waals surface area contributed by atoms with E-state index < -0.39 is 11.7 Å². The molecule has 1 aliphatic carbocycles. The quantitative estimate of drug-likeness (QED) is 0.865. The van der Waals surface area contributed by atoms with Crippen LogP contribution in [-0.4, -0.2) is 13.1 Å². The summed E-state index contributed by atoms with van der Waals surface area (Å²) in [6.07, 6.45) is -1.03. The van der Waals surface area contributed by atoms with Gasteiger partial charge in [0.1, 0.15) is 0 Å². The second kappa shape index (κ2) is 5.95. The molecule has 4 heteroatoms. The third kappa shape index (κ3) is 3.50. The molecule has 0 aromatic heterocycles. The lowest BCUT2D eigenvalue weighted by atomic mass is 9.88. The van der Waals surface area contributed by atoms with Gasteiger partial charge in [0.2, 0.25) is 0 Å². The van der Waals surface area contributed by atoms with Crippen molar-refractivity contribution in [3.63, 3.8) is 0 Å².